The van der Waals surface area contributed by atoms with Crippen LogP contribution in [-0.2, 0) is 9.53 Å². The van der Waals surface area contributed by atoms with Gasteiger partial charge in [-0.05, 0) is 38.7 Å². The van der Waals surface area contributed by atoms with Gasteiger partial charge in [0, 0.05) is 0 Å². The van der Waals surface area contributed by atoms with E-state index >= 15 is 0 Å². The van der Waals surface area contributed by atoms with Crippen LogP contribution in [0.15, 0.2) is 22.8 Å². The average molecular weight is 205 g/mol. The van der Waals surface area contributed by atoms with Crippen molar-refractivity contribution in [2.75, 3.05) is 6.61 Å². The molecule has 1 aliphatic rings. The smallest absolute Gasteiger partial charge is 0.348 e. The molecular formula is C12H15NO2. The first kappa shape index (κ1) is 11.5. The van der Waals surface area contributed by atoms with Crippen LogP contribution in [0.5, 0.6) is 0 Å². The van der Waals surface area contributed by atoms with Crippen LogP contribution in [-0.4, -0.2) is 12.6 Å². The minimum atomic E-state index is -0.482. The first-order valence-corrected chi connectivity index (χ1v) is 5.14. The van der Waals surface area contributed by atoms with Gasteiger partial charge in [-0.25, -0.2) is 4.79 Å². The summed E-state index contributed by atoms with van der Waals surface area (Å²) >= 11 is 0. The fraction of sp³-hybridized carbons (Fsp3) is 0.500. The van der Waals surface area contributed by atoms with Crippen LogP contribution >= 0.6 is 0 Å². The average Bonchev–Trinajstić information content (AvgIpc) is 2.19. The third-order valence-corrected chi connectivity index (χ3v) is 2.38. The summed E-state index contributed by atoms with van der Waals surface area (Å²) in [6, 6.07) is 1.95. The summed E-state index contributed by atoms with van der Waals surface area (Å²) in [4.78, 5) is 11.5. The third-order valence-electron chi connectivity index (χ3n) is 2.38. The van der Waals surface area contributed by atoms with Crippen molar-refractivity contribution in [3.63, 3.8) is 0 Å². The number of esters is 1. The number of rotatable bonds is 2. The molecule has 0 saturated carbocycles. The van der Waals surface area contributed by atoms with Gasteiger partial charge in [0.15, 0.2) is 0 Å². The second-order valence-corrected chi connectivity index (χ2v) is 3.58. The Kier molecular flexibility index (Phi) is 4.11. The van der Waals surface area contributed by atoms with E-state index in [0.29, 0.717) is 6.61 Å². The lowest BCUT2D eigenvalue weighted by molar-refractivity contribution is -0.138. The van der Waals surface area contributed by atoms with E-state index in [1.807, 2.05) is 13.0 Å². The highest BCUT2D eigenvalue weighted by Gasteiger charge is 2.18. The maximum atomic E-state index is 11.5. The van der Waals surface area contributed by atoms with Crippen LogP contribution in [0.4, 0.5) is 0 Å². The Bertz CT molecular complexity index is 358. The Labute approximate surface area is 90.0 Å². The highest BCUT2D eigenvalue weighted by Crippen LogP contribution is 2.26. The summed E-state index contributed by atoms with van der Waals surface area (Å²) in [6.45, 7) is 4.06. The van der Waals surface area contributed by atoms with Gasteiger partial charge in [-0.2, -0.15) is 5.26 Å². The quantitative estimate of drug-likeness (QED) is 0.301. The molecule has 0 aromatic heterocycles. The number of nitrogens with zero attached hydrogens (tertiary/aromatic N) is 1. The molecule has 1 rings (SSSR count). The molecule has 0 spiro atoms. The van der Waals surface area contributed by atoms with Crippen molar-refractivity contribution in [3.05, 3.63) is 22.8 Å². The fourth-order valence-corrected chi connectivity index (χ4v) is 1.68. The highest BCUT2D eigenvalue weighted by atomic mass is 16.5. The molecule has 1 aliphatic carbocycles. The number of carbonyl (C=O) groups is 1. The van der Waals surface area contributed by atoms with Crippen LogP contribution in [0.25, 0.3) is 0 Å². The molecule has 3 nitrogen and oxygen atoms in total. The zero-order chi connectivity index (χ0) is 11.3. The van der Waals surface area contributed by atoms with Gasteiger partial charge >= 0.3 is 5.97 Å². The molecular weight excluding hydrogens is 190 g/mol. The van der Waals surface area contributed by atoms with Gasteiger partial charge in [0.1, 0.15) is 11.6 Å². The molecule has 0 heterocycles. The zero-order valence-electron chi connectivity index (χ0n) is 9.17. The zero-order valence-corrected chi connectivity index (χ0v) is 9.17. The lowest BCUT2D eigenvalue weighted by atomic mass is 9.91. The molecule has 0 N–H and O–H groups in total. The van der Waals surface area contributed by atoms with Gasteiger partial charge in [-0.3, -0.25) is 0 Å². The Balaban J connectivity index is 2.90. The van der Waals surface area contributed by atoms with Crippen molar-refractivity contribution >= 4 is 5.97 Å². The first-order chi connectivity index (χ1) is 7.19. The lowest BCUT2D eigenvalue weighted by Gasteiger charge is -2.14. The number of allylic oxidation sites excluding steroid dienone is 3. The third kappa shape index (κ3) is 2.95. The molecule has 3 heteroatoms. The summed E-state index contributed by atoms with van der Waals surface area (Å²) < 4.78 is 4.84. The molecule has 80 valence electrons. The predicted molar refractivity (Wildman–Crippen MR) is 56.9 cm³/mol. The van der Waals surface area contributed by atoms with Crippen molar-refractivity contribution in [2.24, 2.45) is 0 Å². The number of ether oxygens (including phenoxy) is 1. The molecule has 0 saturated heterocycles. The Hall–Kier alpha value is -1.56. The summed E-state index contributed by atoms with van der Waals surface area (Å²) in [5.74, 6) is -0.482. The minimum absolute atomic E-state index is 0.198. The van der Waals surface area contributed by atoms with Crippen molar-refractivity contribution in [3.8, 4) is 6.07 Å². The van der Waals surface area contributed by atoms with Gasteiger partial charge in [0.2, 0.25) is 0 Å². The van der Waals surface area contributed by atoms with Crippen molar-refractivity contribution in [1.82, 2.24) is 0 Å². The summed E-state index contributed by atoms with van der Waals surface area (Å²) in [6.07, 6.45) is 4.57. The van der Waals surface area contributed by atoms with Crippen LogP contribution in [0.1, 0.15) is 33.1 Å². The van der Waals surface area contributed by atoms with E-state index in [2.05, 4.69) is 6.08 Å². The Morgan fingerprint density at radius 1 is 1.67 bits per heavy atom. The molecule has 0 radical (unpaired) electrons. The molecule has 0 aromatic rings. The van der Waals surface area contributed by atoms with Gasteiger partial charge in [0.05, 0.1) is 6.61 Å². The predicted octanol–water partition coefficient (Wildman–Crippen LogP) is 2.50. The largest absolute Gasteiger partial charge is 0.462 e. The molecule has 0 aromatic carbocycles. The summed E-state index contributed by atoms with van der Waals surface area (Å²) in [5.41, 5.74) is 2.33. The highest BCUT2D eigenvalue weighted by molar-refractivity contribution is 5.93. The van der Waals surface area contributed by atoms with E-state index in [0.717, 1.165) is 24.8 Å². The normalized spacial score (nSPS) is 18.9. The van der Waals surface area contributed by atoms with Crippen LogP contribution in [0.2, 0.25) is 0 Å². The van der Waals surface area contributed by atoms with E-state index in [9.17, 15) is 4.79 Å². The number of hydrogen-bond donors (Lipinski definition) is 0. The monoisotopic (exact) mass is 205 g/mol. The van der Waals surface area contributed by atoms with Crippen molar-refractivity contribution in [2.45, 2.75) is 33.1 Å². The number of carbonyl (C=O) groups excluding carboxylic acids is 1. The molecule has 0 unspecified atom stereocenters. The van der Waals surface area contributed by atoms with E-state index in [1.165, 1.54) is 5.57 Å². The topological polar surface area (TPSA) is 50.1 Å². The molecule has 0 atom stereocenters. The standard InChI is InChI=1S/C12H15NO2/c1-3-15-12(14)11(8-13)10-6-4-5-9(2)7-10/h5H,3-4,6-7H2,1-2H3/b11-10-. The molecule has 15 heavy (non-hydrogen) atoms. The lowest BCUT2D eigenvalue weighted by Crippen LogP contribution is -2.10. The molecule has 0 bridgehead atoms. The molecule has 0 aliphatic heterocycles. The second kappa shape index (κ2) is 5.35. The van der Waals surface area contributed by atoms with Crippen molar-refractivity contribution in [1.29, 1.82) is 5.26 Å². The SMILES string of the molecule is CCOC(=O)/C(C#N)=C1/CCC=C(C)C1. The minimum Gasteiger partial charge on any atom is -0.462 e. The molecule has 0 amide bonds. The Morgan fingerprint density at radius 3 is 2.93 bits per heavy atom. The van der Waals surface area contributed by atoms with E-state index < -0.39 is 5.97 Å². The first-order valence-electron chi connectivity index (χ1n) is 5.14. The van der Waals surface area contributed by atoms with E-state index in [4.69, 9.17) is 10.00 Å². The molecule has 0 fully saturated rings. The van der Waals surface area contributed by atoms with Crippen molar-refractivity contribution < 1.29 is 9.53 Å². The second-order valence-electron chi connectivity index (χ2n) is 3.58. The van der Waals surface area contributed by atoms with E-state index in [-0.39, 0.29) is 5.57 Å². The Morgan fingerprint density at radius 2 is 2.40 bits per heavy atom. The van der Waals surface area contributed by atoms with E-state index in [1.54, 1.807) is 6.92 Å². The van der Waals surface area contributed by atoms with Crippen LogP contribution in [0.3, 0.4) is 0 Å². The van der Waals surface area contributed by atoms with Gasteiger partial charge in [-0.15, -0.1) is 0 Å². The summed E-state index contributed by atoms with van der Waals surface area (Å²) in [5, 5.41) is 8.93. The maximum absolute atomic E-state index is 11.5. The van der Waals surface area contributed by atoms with Crippen LogP contribution < -0.4 is 0 Å². The number of nitriles is 1. The van der Waals surface area contributed by atoms with Gasteiger partial charge < -0.3 is 4.74 Å². The summed E-state index contributed by atoms with van der Waals surface area (Å²) in [7, 11) is 0. The van der Waals surface area contributed by atoms with Gasteiger partial charge in [-0.1, -0.05) is 11.6 Å². The van der Waals surface area contributed by atoms with Crippen LogP contribution in [0, 0.1) is 11.3 Å². The fourth-order valence-electron chi connectivity index (χ4n) is 1.68. The maximum Gasteiger partial charge on any atom is 0.348 e. The van der Waals surface area contributed by atoms with Gasteiger partial charge in [0.25, 0.3) is 0 Å². The number of hydrogen-bond acceptors (Lipinski definition) is 3.